The average Bonchev–Trinajstić information content (AvgIpc) is 3.52. The third kappa shape index (κ3) is 4.70. The van der Waals surface area contributed by atoms with E-state index in [0.717, 1.165) is 70.8 Å². The van der Waals surface area contributed by atoms with Gasteiger partial charge in [-0.2, -0.15) is 10.2 Å². The van der Waals surface area contributed by atoms with Gasteiger partial charge < -0.3 is 5.32 Å². The van der Waals surface area contributed by atoms with Gasteiger partial charge in [0.2, 0.25) is 11.8 Å². The van der Waals surface area contributed by atoms with Gasteiger partial charge in [-0.1, -0.05) is 0 Å². The Morgan fingerprint density at radius 3 is 2.53 bits per heavy atom. The maximum absolute atomic E-state index is 13.2. The molecule has 2 saturated carbocycles. The van der Waals surface area contributed by atoms with Gasteiger partial charge in [0.15, 0.2) is 0 Å². The quantitative estimate of drug-likeness (QED) is 0.284. The molecule has 1 atom stereocenters. The highest BCUT2D eigenvalue weighted by atomic mass is 16.2. The molecule has 2 N–H and O–H groups in total. The van der Waals surface area contributed by atoms with Gasteiger partial charge in [0.05, 0.1) is 40.3 Å². The Bertz CT molecular complexity index is 1900. The first kappa shape index (κ1) is 27.7. The molecule has 8 rings (SSSR count). The van der Waals surface area contributed by atoms with Crippen molar-refractivity contribution in [1.82, 2.24) is 34.8 Å². The second kappa shape index (κ2) is 10.4. The van der Waals surface area contributed by atoms with Crippen LogP contribution < -0.4 is 10.6 Å². The molecule has 3 fully saturated rings. The Balaban J connectivity index is 0.923. The highest BCUT2D eigenvalue weighted by Gasteiger charge is 2.44. The highest BCUT2D eigenvalue weighted by molar-refractivity contribution is 6.23. The number of anilines is 1. The van der Waals surface area contributed by atoms with Crippen LogP contribution in [-0.2, 0) is 9.59 Å². The summed E-state index contributed by atoms with van der Waals surface area (Å²) in [4.78, 5) is 56.0. The summed E-state index contributed by atoms with van der Waals surface area (Å²) in [7, 11) is 0. The Labute approximate surface area is 259 Å². The number of amides is 4. The number of nitrogens with zero attached hydrogens (tertiary/aromatic N) is 6. The zero-order valence-electron chi connectivity index (χ0n) is 25.2. The van der Waals surface area contributed by atoms with Gasteiger partial charge in [-0.05, 0) is 82.2 Å². The summed E-state index contributed by atoms with van der Waals surface area (Å²) in [6.45, 7) is 4.96. The number of imide groups is 2. The lowest BCUT2D eigenvalue weighted by molar-refractivity contribution is -0.136. The molecule has 1 unspecified atom stereocenters. The van der Waals surface area contributed by atoms with Crippen molar-refractivity contribution in [2.45, 2.75) is 76.4 Å². The van der Waals surface area contributed by atoms with Crippen molar-refractivity contribution in [2.75, 3.05) is 11.9 Å². The van der Waals surface area contributed by atoms with Crippen LogP contribution in [0.3, 0.4) is 0 Å². The normalized spacial score (nSPS) is 23.1. The third-order valence-corrected chi connectivity index (χ3v) is 9.56. The van der Waals surface area contributed by atoms with Crippen molar-refractivity contribution >= 4 is 40.3 Å². The van der Waals surface area contributed by atoms with E-state index in [1.807, 2.05) is 10.9 Å². The molecule has 230 valence electrons. The summed E-state index contributed by atoms with van der Waals surface area (Å²) < 4.78 is 4.13. The van der Waals surface area contributed by atoms with Crippen molar-refractivity contribution < 1.29 is 19.2 Å². The lowest BCUT2D eigenvalue weighted by Crippen LogP contribution is -2.54. The number of piperidine rings is 1. The molecule has 2 aliphatic carbocycles. The largest absolute Gasteiger partial charge is 0.385 e. The number of aromatic nitrogens is 5. The van der Waals surface area contributed by atoms with Crippen LogP contribution in [-0.4, -0.2) is 65.7 Å². The Hall–Kier alpha value is -4.87. The zero-order valence-corrected chi connectivity index (χ0v) is 25.2. The summed E-state index contributed by atoms with van der Waals surface area (Å²) in [6, 6.07) is 8.93. The van der Waals surface area contributed by atoms with E-state index in [2.05, 4.69) is 52.6 Å². The first-order chi connectivity index (χ1) is 21.7. The first-order valence-electron chi connectivity index (χ1n) is 15.8. The third-order valence-electron chi connectivity index (χ3n) is 9.56. The molecule has 0 bridgehead atoms. The standard InChI is InChI=1S/C33H34N8O4/c1-17(2)41-27-8-7-25(36-26(27)15-35-41)24-16-39(38-30(24)19-3-4-19)21-11-18(12-21)14-34-20-5-6-22-23(13-20)33(45)40(32(22)44)28-9-10-29(42)37-31(28)43/h5-8,13,15-19,21,28,34H,3-4,9-12,14H2,1-2H3,(H,37,42,43)/t18-,21-,28?. The number of benzene rings is 1. The number of pyridine rings is 1. The summed E-state index contributed by atoms with van der Waals surface area (Å²) in [5, 5.41) is 15.3. The molecule has 4 aliphatic rings. The van der Waals surface area contributed by atoms with E-state index in [4.69, 9.17) is 10.1 Å². The molecule has 5 heterocycles. The summed E-state index contributed by atoms with van der Waals surface area (Å²) in [6.07, 6.45) is 8.53. The smallest absolute Gasteiger partial charge is 0.262 e. The Morgan fingerprint density at radius 1 is 0.978 bits per heavy atom. The van der Waals surface area contributed by atoms with Gasteiger partial charge in [0.25, 0.3) is 11.8 Å². The fraction of sp³-hybridized carbons (Fsp3) is 0.424. The minimum Gasteiger partial charge on any atom is -0.385 e. The predicted octanol–water partition coefficient (Wildman–Crippen LogP) is 4.22. The molecular weight excluding hydrogens is 572 g/mol. The molecule has 3 aromatic heterocycles. The van der Waals surface area contributed by atoms with Crippen LogP contribution in [0.5, 0.6) is 0 Å². The Kier molecular flexibility index (Phi) is 6.36. The van der Waals surface area contributed by atoms with E-state index in [1.54, 1.807) is 18.2 Å². The second-order valence-corrected chi connectivity index (χ2v) is 13.0. The number of hydrogen-bond donors (Lipinski definition) is 2. The van der Waals surface area contributed by atoms with Crippen LogP contribution in [0, 0.1) is 5.92 Å². The maximum Gasteiger partial charge on any atom is 0.262 e. The lowest BCUT2D eigenvalue weighted by atomic mass is 9.80. The van der Waals surface area contributed by atoms with Crippen LogP contribution in [0.2, 0.25) is 0 Å². The summed E-state index contributed by atoms with van der Waals surface area (Å²) >= 11 is 0. The van der Waals surface area contributed by atoms with E-state index in [9.17, 15) is 19.2 Å². The second-order valence-electron chi connectivity index (χ2n) is 13.0. The molecule has 12 heteroatoms. The topological polar surface area (TPSA) is 144 Å². The molecule has 2 aliphatic heterocycles. The molecule has 4 aromatic rings. The molecule has 0 spiro atoms. The number of rotatable bonds is 8. The molecule has 0 radical (unpaired) electrons. The van der Waals surface area contributed by atoms with Gasteiger partial charge in [0.1, 0.15) is 11.6 Å². The van der Waals surface area contributed by atoms with Crippen molar-refractivity contribution in [3.05, 3.63) is 59.5 Å². The Morgan fingerprint density at radius 2 is 1.78 bits per heavy atom. The van der Waals surface area contributed by atoms with Gasteiger partial charge in [-0.3, -0.25) is 38.8 Å². The first-order valence-corrected chi connectivity index (χ1v) is 15.8. The number of hydrogen-bond acceptors (Lipinski definition) is 8. The van der Waals surface area contributed by atoms with Crippen molar-refractivity contribution in [1.29, 1.82) is 0 Å². The van der Waals surface area contributed by atoms with E-state index < -0.39 is 29.7 Å². The number of carbonyl (C=O) groups is 4. The zero-order chi connectivity index (χ0) is 31.0. The number of nitrogens with one attached hydrogen (secondary N) is 2. The summed E-state index contributed by atoms with van der Waals surface area (Å²) in [5.41, 5.74) is 6.44. The number of carbonyl (C=O) groups excluding carboxylic acids is 4. The van der Waals surface area contributed by atoms with Crippen LogP contribution >= 0.6 is 0 Å². The average molecular weight is 607 g/mol. The summed E-state index contributed by atoms with van der Waals surface area (Å²) in [5.74, 6) is -1.06. The van der Waals surface area contributed by atoms with Gasteiger partial charge >= 0.3 is 0 Å². The predicted molar refractivity (Wildman–Crippen MR) is 164 cm³/mol. The fourth-order valence-electron chi connectivity index (χ4n) is 6.87. The molecule has 45 heavy (non-hydrogen) atoms. The van der Waals surface area contributed by atoms with Gasteiger partial charge in [-0.15, -0.1) is 0 Å². The minimum absolute atomic E-state index is 0.0955. The van der Waals surface area contributed by atoms with E-state index in [1.165, 1.54) is 0 Å². The van der Waals surface area contributed by atoms with E-state index >= 15 is 0 Å². The molecular formula is C33H34N8O4. The lowest BCUT2D eigenvalue weighted by Gasteiger charge is -2.35. The van der Waals surface area contributed by atoms with Crippen molar-refractivity contribution in [3.8, 4) is 11.3 Å². The van der Waals surface area contributed by atoms with Crippen LogP contribution in [0.25, 0.3) is 22.3 Å². The van der Waals surface area contributed by atoms with E-state index in [0.29, 0.717) is 17.9 Å². The van der Waals surface area contributed by atoms with Crippen LogP contribution in [0.1, 0.15) is 96.8 Å². The van der Waals surface area contributed by atoms with Crippen LogP contribution in [0.15, 0.2) is 42.7 Å². The van der Waals surface area contributed by atoms with Crippen molar-refractivity contribution in [2.24, 2.45) is 5.92 Å². The van der Waals surface area contributed by atoms with Crippen molar-refractivity contribution in [3.63, 3.8) is 0 Å². The molecule has 1 aromatic carbocycles. The monoisotopic (exact) mass is 606 g/mol. The molecule has 1 saturated heterocycles. The minimum atomic E-state index is -0.968. The SMILES string of the molecule is CC(C)n1ncc2nc(-c3cn([C@H]4C[C@H](CNc5ccc6c(c5)C(=O)N(C5CCC(=O)NC5=O)C6=O)C4)nc3C3CC3)ccc21. The van der Waals surface area contributed by atoms with E-state index in [-0.39, 0.29) is 30.0 Å². The fourth-order valence-corrected chi connectivity index (χ4v) is 6.87. The van der Waals surface area contributed by atoms with Gasteiger partial charge in [-0.25, -0.2) is 4.98 Å². The number of fused-ring (bicyclic) bond motifs is 2. The van der Waals surface area contributed by atoms with Crippen LogP contribution in [0.4, 0.5) is 5.69 Å². The molecule has 12 nitrogen and oxygen atoms in total. The maximum atomic E-state index is 13.2. The highest BCUT2D eigenvalue weighted by Crippen LogP contribution is 2.46. The van der Waals surface area contributed by atoms with Gasteiger partial charge in [0, 0.05) is 42.4 Å². The molecule has 4 amide bonds.